The zero-order chi connectivity index (χ0) is 18.9. The minimum absolute atomic E-state index is 0.121. The number of aliphatic hydroxyl groups is 1. The summed E-state index contributed by atoms with van der Waals surface area (Å²) >= 11 is 1.10. The number of hydrogen-bond acceptors (Lipinski definition) is 4. The minimum Gasteiger partial charge on any atom is -0.481 e. The maximum Gasteiger partial charge on any atom is 0.416 e. The maximum atomic E-state index is 12.8. The monoisotopic (exact) mass is 381 g/mol. The first kappa shape index (κ1) is 18.5. The number of carboxylic acids is 1. The zero-order valence-corrected chi connectivity index (χ0v) is 14.1. The Morgan fingerprint density at radius 1 is 1.12 bits per heavy atom. The summed E-state index contributed by atoms with van der Waals surface area (Å²) in [5, 5.41) is 19.8. The van der Waals surface area contributed by atoms with Crippen LogP contribution >= 0.6 is 11.8 Å². The summed E-state index contributed by atoms with van der Waals surface area (Å²) < 4.78 is 38.3. The standard InChI is InChI=1S/C18H14F3NO3S/c19-18(20,21)13-8-6-12(7-9-13)17(25)14(10-15(23)24)26-16(22-17)11-4-2-1-3-5-11/h1-9,14,25H,10H2,(H,23,24). The summed E-state index contributed by atoms with van der Waals surface area (Å²) in [5.74, 6) is -1.13. The third kappa shape index (κ3) is 3.61. The molecule has 0 aliphatic carbocycles. The lowest BCUT2D eigenvalue weighted by atomic mass is 9.96. The van der Waals surface area contributed by atoms with Crippen molar-refractivity contribution in [2.24, 2.45) is 4.99 Å². The average Bonchev–Trinajstić information content (AvgIpc) is 2.92. The second kappa shape index (κ2) is 6.77. The third-order valence-corrected chi connectivity index (χ3v) is 5.32. The molecule has 0 bridgehead atoms. The van der Waals surface area contributed by atoms with Crippen molar-refractivity contribution in [2.75, 3.05) is 0 Å². The van der Waals surface area contributed by atoms with Gasteiger partial charge in [0.2, 0.25) is 0 Å². The van der Waals surface area contributed by atoms with Gasteiger partial charge in [0.05, 0.1) is 17.2 Å². The van der Waals surface area contributed by atoms with Gasteiger partial charge < -0.3 is 10.2 Å². The van der Waals surface area contributed by atoms with Gasteiger partial charge in [0.1, 0.15) is 5.04 Å². The van der Waals surface area contributed by atoms with Gasteiger partial charge in [-0.2, -0.15) is 13.2 Å². The summed E-state index contributed by atoms with van der Waals surface area (Å²) in [4.78, 5) is 15.5. The number of thioether (sulfide) groups is 1. The van der Waals surface area contributed by atoms with Crippen LogP contribution in [0.3, 0.4) is 0 Å². The van der Waals surface area contributed by atoms with Gasteiger partial charge in [0.15, 0.2) is 5.72 Å². The van der Waals surface area contributed by atoms with E-state index in [1.807, 2.05) is 0 Å². The Kier molecular flexibility index (Phi) is 4.81. The fraction of sp³-hybridized carbons (Fsp3) is 0.222. The number of alkyl halides is 3. The largest absolute Gasteiger partial charge is 0.481 e. The molecule has 2 atom stereocenters. The second-order valence-electron chi connectivity index (χ2n) is 5.79. The van der Waals surface area contributed by atoms with Crippen LogP contribution in [0.15, 0.2) is 59.6 Å². The molecule has 3 rings (SSSR count). The molecular formula is C18H14F3NO3S. The van der Waals surface area contributed by atoms with Gasteiger partial charge in [-0.1, -0.05) is 54.2 Å². The van der Waals surface area contributed by atoms with E-state index in [9.17, 15) is 23.1 Å². The molecule has 2 unspecified atom stereocenters. The van der Waals surface area contributed by atoms with Crippen molar-refractivity contribution in [1.29, 1.82) is 0 Å². The Bertz CT molecular complexity index is 837. The number of benzene rings is 2. The van der Waals surface area contributed by atoms with Crippen molar-refractivity contribution in [2.45, 2.75) is 23.6 Å². The predicted molar refractivity (Wildman–Crippen MR) is 92.0 cm³/mol. The van der Waals surface area contributed by atoms with Crippen LogP contribution in [0.1, 0.15) is 23.1 Å². The molecule has 0 amide bonds. The van der Waals surface area contributed by atoms with Crippen LogP contribution in [-0.4, -0.2) is 26.5 Å². The van der Waals surface area contributed by atoms with Gasteiger partial charge in [-0.3, -0.25) is 4.79 Å². The molecule has 0 fully saturated rings. The number of nitrogens with zero attached hydrogens (tertiary/aromatic N) is 1. The normalized spacial score (nSPS) is 22.9. The number of carbonyl (C=O) groups is 1. The smallest absolute Gasteiger partial charge is 0.416 e. The molecule has 1 heterocycles. The van der Waals surface area contributed by atoms with E-state index in [-0.39, 0.29) is 12.0 Å². The molecule has 0 saturated heterocycles. The molecular weight excluding hydrogens is 367 g/mol. The number of aliphatic imine (C=N–C) groups is 1. The number of rotatable bonds is 4. The third-order valence-electron chi connectivity index (χ3n) is 3.99. The van der Waals surface area contributed by atoms with Gasteiger partial charge in [-0.05, 0) is 12.1 Å². The van der Waals surface area contributed by atoms with Crippen molar-refractivity contribution in [3.05, 3.63) is 71.3 Å². The molecule has 0 radical (unpaired) electrons. The predicted octanol–water partition coefficient (Wildman–Crippen LogP) is 3.89. The topological polar surface area (TPSA) is 69.9 Å². The summed E-state index contributed by atoms with van der Waals surface area (Å²) in [6.07, 6.45) is -4.88. The highest BCUT2D eigenvalue weighted by molar-refractivity contribution is 8.15. The lowest BCUT2D eigenvalue weighted by molar-refractivity contribution is -0.138. The van der Waals surface area contributed by atoms with E-state index in [2.05, 4.69) is 4.99 Å². The van der Waals surface area contributed by atoms with Gasteiger partial charge >= 0.3 is 12.1 Å². The lowest BCUT2D eigenvalue weighted by Crippen LogP contribution is -2.34. The van der Waals surface area contributed by atoms with Crippen LogP contribution < -0.4 is 0 Å². The first-order valence-electron chi connectivity index (χ1n) is 7.64. The Hall–Kier alpha value is -2.32. The SMILES string of the molecule is O=C(O)CC1SC(c2ccccc2)=NC1(O)c1ccc(C(F)(F)F)cc1. The van der Waals surface area contributed by atoms with Crippen LogP contribution in [0, 0.1) is 0 Å². The fourth-order valence-electron chi connectivity index (χ4n) is 2.68. The second-order valence-corrected chi connectivity index (χ2v) is 6.98. The molecule has 2 aromatic carbocycles. The number of carboxylic acid groups (broad SMARTS) is 1. The highest BCUT2D eigenvalue weighted by Crippen LogP contribution is 2.45. The molecule has 2 N–H and O–H groups in total. The van der Waals surface area contributed by atoms with Crippen molar-refractivity contribution in [3.63, 3.8) is 0 Å². The Labute approximate surface area is 151 Å². The fourth-order valence-corrected chi connectivity index (χ4v) is 3.99. The van der Waals surface area contributed by atoms with E-state index in [0.717, 1.165) is 36.0 Å². The van der Waals surface area contributed by atoms with E-state index in [1.54, 1.807) is 30.3 Å². The van der Waals surface area contributed by atoms with Gasteiger partial charge in [-0.15, -0.1) is 0 Å². The van der Waals surface area contributed by atoms with Gasteiger partial charge in [-0.25, -0.2) is 4.99 Å². The first-order valence-corrected chi connectivity index (χ1v) is 8.52. The molecule has 136 valence electrons. The van der Waals surface area contributed by atoms with E-state index in [4.69, 9.17) is 5.11 Å². The summed E-state index contributed by atoms with van der Waals surface area (Å²) in [6, 6.07) is 12.9. The van der Waals surface area contributed by atoms with Crippen molar-refractivity contribution in [3.8, 4) is 0 Å². The van der Waals surface area contributed by atoms with Crippen molar-refractivity contribution in [1.82, 2.24) is 0 Å². The summed E-state index contributed by atoms with van der Waals surface area (Å²) in [5.41, 5.74) is -1.94. The van der Waals surface area contributed by atoms with Crippen LogP contribution in [0.5, 0.6) is 0 Å². The van der Waals surface area contributed by atoms with E-state index in [0.29, 0.717) is 10.6 Å². The van der Waals surface area contributed by atoms with Crippen LogP contribution in [0.4, 0.5) is 13.2 Å². The zero-order valence-electron chi connectivity index (χ0n) is 13.3. The van der Waals surface area contributed by atoms with Crippen molar-refractivity contribution >= 4 is 22.8 Å². The Morgan fingerprint density at radius 3 is 2.27 bits per heavy atom. The molecule has 2 aromatic rings. The summed E-state index contributed by atoms with van der Waals surface area (Å²) in [7, 11) is 0. The quantitative estimate of drug-likeness (QED) is 0.843. The number of halogens is 3. The Balaban J connectivity index is 2.01. The first-order chi connectivity index (χ1) is 12.2. The van der Waals surface area contributed by atoms with Crippen LogP contribution in [0.25, 0.3) is 0 Å². The van der Waals surface area contributed by atoms with E-state index < -0.39 is 28.7 Å². The van der Waals surface area contributed by atoms with E-state index >= 15 is 0 Å². The van der Waals surface area contributed by atoms with Crippen molar-refractivity contribution < 1.29 is 28.2 Å². The minimum atomic E-state index is -4.50. The molecule has 26 heavy (non-hydrogen) atoms. The number of aliphatic carboxylic acids is 1. The number of hydrogen-bond donors (Lipinski definition) is 2. The maximum absolute atomic E-state index is 12.8. The molecule has 0 spiro atoms. The molecule has 4 nitrogen and oxygen atoms in total. The average molecular weight is 381 g/mol. The van der Waals surface area contributed by atoms with Crippen LogP contribution in [-0.2, 0) is 16.7 Å². The summed E-state index contributed by atoms with van der Waals surface area (Å²) in [6.45, 7) is 0. The van der Waals surface area contributed by atoms with Crippen LogP contribution in [0.2, 0.25) is 0 Å². The molecule has 8 heteroatoms. The highest BCUT2D eigenvalue weighted by atomic mass is 32.2. The molecule has 0 saturated carbocycles. The van der Waals surface area contributed by atoms with E-state index in [1.165, 1.54) is 0 Å². The lowest BCUT2D eigenvalue weighted by Gasteiger charge is -2.26. The molecule has 0 aromatic heterocycles. The van der Waals surface area contributed by atoms with Gasteiger partial charge in [0.25, 0.3) is 0 Å². The van der Waals surface area contributed by atoms with Gasteiger partial charge in [0, 0.05) is 11.1 Å². The Morgan fingerprint density at radius 2 is 1.73 bits per heavy atom. The molecule has 1 aliphatic heterocycles. The highest BCUT2D eigenvalue weighted by Gasteiger charge is 2.46. The molecule has 1 aliphatic rings.